The summed E-state index contributed by atoms with van der Waals surface area (Å²) >= 11 is 1.54. The minimum atomic E-state index is -0.731. The van der Waals surface area contributed by atoms with Gasteiger partial charge < -0.3 is 10.1 Å². The second-order valence-electron chi connectivity index (χ2n) is 6.66. The van der Waals surface area contributed by atoms with Crippen LogP contribution in [0, 0.1) is 0 Å². The first kappa shape index (κ1) is 16.5. The molecule has 2 aliphatic carbocycles. The second kappa shape index (κ2) is 7.47. The number of carbonyl (C=O) groups excluding carboxylic acids is 2. The third-order valence-corrected chi connectivity index (χ3v) is 6.02. The SMILES string of the molecule is C[C@H](OC(=O)c1cc2c(s1)CCCCC2)C(=O)NC1CCCC1. The molecule has 1 amide bonds. The first-order valence-electron chi connectivity index (χ1n) is 8.76. The van der Waals surface area contributed by atoms with Gasteiger partial charge >= 0.3 is 5.97 Å². The molecule has 1 saturated carbocycles. The first-order chi connectivity index (χ1) is 11.1. The Morgan fingerprint density at radius 2 is 1.91 bits per heavy atom. The van der Waals surface area contributed by atoms with Crippen molar-refractivity contribution in [3.63, 3.8) is 0 Å². The molecular weight excluding hydrogens is 310 g/mol. The van der Waals surface area contributed by atoms with Gasteiger partial charge in [0.1, 0.15) is 4.88 Å². The molecule has 0 saturated heterocycles. The van der Waals surface area contributed by atoms with E-state index < -0.39 is 6.10 Å². The van der Waals surface area contributed by atoms with E-state index in [9.17, 15) is 9.59 Å². The van der Waals surface area contributed by atoms with Crippen molar-refractivity contribution in [1.29, 1.82) is 0 Å². The average Bonchev–Trinajstić information content (AvgIpc) is 3.13. The topological polar surface area (TPSA) is 55.4 Å². The van der Waals surface area contributed by atoms with Crippen molar-refractivity contribution in [3.8, 4) is 0 Å². The zero-order chi connectivity index (χ0) is 16.2. The monoisotopic (exact) mass is 335 g/mol. The van der Waals surface area contributed by atoms with E-state index in [2.05, 4.69) is 5.32 Å². The molecule has 0 aliphatic heterocycles. The number of amides is 1. The van der Waals surface area contributed by atoms with E-state index in [0.29, 0.717) is 4.88 Å². The number of ether oxygens (including phenoxy) is 1. The standard InChI is InChI=1S/C18H25NO3S/c1-12(17(20)19-14-8-5-6-9-14)22-18(21)16-11-13-7-3-2-4-10-15(13)23-16/h11-12,14H,2-10H2,1H3,(H,19,20)/t12-/m0/s1. The molecule has 1 heterocycles. The number of carbonyl (C=O) groups is 2. The van der Waals surface area contributed by atoms with Crippen LogP contribution in [-0.4, -0.2) is 24.0 Å². The predicted molar refractivity (Wildman–Crippen MR) is 90.9 cm³/mol. The van der Waals surface area contributed by atoms with Gasteiger partial charge in [-0.2, -0.15) is 0 Å². The van der Waals surface area contributed by atoms with Gasteiger partial charge in [0.05, 0.1) is 0 Å². The smallest absolute Gasteiger partial charge is 0.349 e. The highest BCUT2D eigenvalue weighted by molar-refractivity contribution is 7.14. The molecule has 1 atom stereocenters. The number of hydrogen-bond acceptors (Lipinski definition) is 4. The molecule has 1 fully saturated rings. The van der Waals surface area contributed by atoms with E-state index in [-0.39, 0.29) is 17.9 Å². The minimum Gasteiger partial charge on any atom is -0.448 e. The second-order valence-corrected chi connectivity index (χ2v) is 7.79. The van der Waals surface area contributed by atoms with Crippen LogP contribution in [0.1, 0.15) is 72.0 Å². The lowest BCUT2D eigenvalue weighted by atomic mass is 10.1. The molecule has 0 spiro atoms. The van der Waals surface area contributed by atoms with Crippen LogP contribution in [-0.2, 0) is 22.4 Å². The molecule has 126 valence electrons. The van der Waals surface area contributed by atoms with E-state index in [1.165, 1.54) is 53.9 Å². The number of rotatable bonds is 4. The summed E-state index contributed by atoms with van der Waals surface area (Å²) in [4.78, 5) is 26.4. The Labute approximate surface area is 141 Å². The Morgan fingerprint density at radius 1 is 1.17 bits per heavy atom. The fourth-order valence-electron chi connectivity index (χ4n) is 3.43. The van der Waals surface area contributed by atoms with E-state index in [1.807, 2.05) is 6.07 Å². The largest absolute Gasteiger partial charge is 0.448 e. The van der Waals surface area contributed by atoms with Crippen LogP contribution >= 0.6 is 11.3 Å². The van der Waals surface area contributed by atoms with Gasteiger partial charge in [0.25, 0.3) is 5.91 Å². The van der Waals surface area contributed by atoms with Crippen molar-refractivity contribution in [2.45, 2.75) is 76.9 Å². The van der Waals surface area contributed by atoms with Crippen molar-refractivity contribution in [2.75, 3.05) is 0 Å². The fraction of sp³-hybridized carbons (Fsp3) is 0.667. The molecule has 1 N–H and O–H groups in total. The lowest BCUT2D eigenvalue weighted by Gasteiger charge is -2.16. The highest BCUT2D eigenvalue weighted by Gasteiger charge is 2.25. The van der Waals surface area contributed by atoms with Gasteiger partial charge in [-0.15, -0.1) is 11.3 Å². The summed E-state index contributed by atoms with van der Waals surface area (Å²) in [5.74, 6) is -0.541. The highest BCUT2D eigenvalue weighted by atomic mass is 32.1. The molecule has 0 bridgehead atoms. The maximum atomic E-state index is 12.3. The summed E-state index contributed by atoms with van der Waals surface area (Å²) in [6.45, 7) is 1.65. The van der Waals surface area contributed by atoms with Gasteiger partial charge in [0, 0.05) is 10.9 Å². The molecule has 0 radical (unpaired) electrons. The molecular formula is C18H25NO3S. The third kappa shape index (κ3) is 4.14. The number of aryl methyl sites for hydroxylation is 2. The normalized spacial score (nSPS) is 19.7. The molecule has 0 unspecified atom stereocenters. The van der Waals surface area contributed by atoms with E-state index in [1.54, 1.807) is 6.92 Å². The van der Waals surface area contributed by atoms with Crippen LogP contribution in [0.3, 0.4) is 0 Å². The summed E-state index contributed by atoms with van der Waals surface area (Å²) in [7, 11) is 0. The zero-order valence-electron chi connectivity index (χ0n) is 13.7. The summed E-state index contributed by atoms with van der Waals surface area (Å²) in [6.07, 6.45) is 9.43. The molecule has 5 heteroatoms. The van der Waals surface area contributed by atoms with Gasteiger partial charge in [-0.3, -0.25) is 4.79 Å². The number of esters is 1. The zero-order valence-corrected chi connectivity index (χ0v) is 14.5. The van der Waals surface area contributed by atoms with Gasteiger partial charge in [0.15, 0.2) is 6.10 Å². The van der Waals surface area contributed by atoms with Crippen molar-refractivity contribution >= 4 is 23.2 Å². The van der Waals surface area contributed by atoms with Gasteiger partial charge in [-0.05, 0) is 57.1 Å². The van der Waals surface area contributed by atoms with Crippen molar-refractivity contribution in [3.05, 3.63) is 21.4 Å². The fourth-order valence-corrected chi connectivity index (χ4v) is 4.57. The summed E-state index contributed by atoms with van der Waals surface area (Å²) < 4.78 is 5.38. The van der Waals surface area contributed by atoms with Crippen LogP contribution < -0.4 is 5.32 Å². The van der Waals surface area contributed by atoms with Crippen LogP contribution in [0.5, 0.6) is 0 Å². The average molecular weight is 335 g/mol. The van der Waals surface area contributed by atoms with Crippen molar-refractivity contribution in [2.24, 2.45) is 0 Å². The predicted octanol–water partition coefficient (Wildman–Crippen LogP) is 3.62. The summed E-state index contributed by atoms with van der Waals surface area (Å²) in [6, 6.07) is 2.22. The molecule has 4 nitrogen and oxygen atoms in total. The van der Waals surface area contributed by atoms with Gasteiger partial charge in [-0.25, -0.2) is 4.79 Å². The van der Waals surface area contributed by atoms with E-state index in [0.717, 1.165) is 25.7 Å². The van der Waals surface area contributed by atoms with Crippen LogP contribution in [0.4, 0.5) is 0 Å². The van der Waals surface area contributed by atoms with Crippen LogP contribution in [0.2, 0.25) is 0 Å². The maximum Gasteiger partial charge on any atom is 0.349 e. The maximum absolute atomic E-state index is 12.3. The number of fused-ring (bicyclic) bond motifs is 1. The molecule has 0 aromatic carbocycles. The number of thiophene rings is 1. The van der Waals surface area contributed by atoms with E-state index in [4.69, 9.17) is 4.74 Å². The van der Waals surface area contributed by atoms with Gasteiger partial charge in [-0.1, -0.05) is 19.3 Å². The lowest BCUT2D eigenvalue weighted by Crippen LogP contribution is -2.40. The highest BCUT2D eigenvalue weighted by Crippen LogP contribution is 2.29. The molecule has 1 aromatic rings. The first-order valence-corrected chi connectivity index (χ1v) is 9.58. The Bertz CT molecular complexity index is 551. The molecule has 23 heavy (non-hydrogen) atoms. The third-order valence-electron chi connectivity index (χ3n) is 4.80. The Morgan fingerprint density at radius 3 is 2.70 bits per heavy atom. The molecule has 3 rings (SSSR count). The Hall–Kier alpha value is -1.36. The lowest BCUT2D eigenvalue weighted by molar-refractivity contribution is -0.129. The molecule has 1 aromatic heterocycles. The number of nitrogens with one attached hydrogen (secondary N) is 1. The Kier molecular flexibility index (Phi) is 5.36. The summed E-state index contributed by atoms with van der Waals surface area (Å²) in [5.41, 5.74) is 1.29. The van der Waals surface area contributed by atoms with Crippen molar-refractivity contribution < 1.29 is 14.3 Å². The van der Waals surface area contributed by atoms with E-state index >= 15 is 0 Å². The quantitative estimate of drug-likeness (QED) is 0.675. The molecule has 2 aliphatic rings. The summed E-state index contributed by atoms with van der Waals surface area (Å²) in [5, 5.41) is 2.98. The van der Waals surface area contributed by atoms with Gasteiger partial charge in [0.2, 0.25) is 0 Å². The van der Waals surface area contributed by atoms with Crippen LogP contribution in [0.25, 0.3) is 0 Å². The van der Waals surface area contributed by atoms with Crippen molar-refractivity contribution in [1.82, 2.24) is 5.32 Å². The minimum absolute atomic E-state index is 0.177. The Balaban J connectivity index is 1.56. The van der Waals surface area contributed by atoms with Crippen LogP contribution in [0.15, 0.2) is 6.07 Å². The number of hydrogen-bond donors (Lipinski definition) is 1.